The molecule has 9 heteroatoms. The fourth-order valence-corrected chi connectivity index (χ4v) is 4.52. The van der Waals surface area contributed by atoms with E-state index in [1.165, 1.54) is 45.5 Å². The third-order valence-corrected chi connectivity index (χ3v) is 6.28. The number of carbonyl (C=O) groups excluding carboxylic acids is 1. The van der Waals surface area contributed by atoms with Crippen LogP contribution in [-0.2, 0) is 0 Å². The molecule has 2 aromatic carbocycles. The Morgan fingerprint density at radius 2 is 1.83 bits per heavy atom. The van der Waals surface area contributed by atoms with Gasteiger partial charge in [0.1, 0.15) is 17.1 Å². The van der Waals surface area contributed by atoms with Crippen molar-refractivity contribution in [2.75, 3.05) is 33.9 Å². The van der Waals surface area contributed by atoms with Gasteiger partial charge in [-0.25, -0.2) is 9.38 Å². The Kier molecular flexibility index (Phi) is 6.41. The molecule has 2 aliphatic rings. The average Bonchev–Trinajstić information content (AvgIpc) is 3.56. The van der Waals surface area contributed by atoms with Gasteiger partial charge >= 0.3 is 0 Å². The fraction of sp³-hybridized carbons (Fsp3) is 0.308. The Bertz CT molecular complexity index is 1350. The van der Waals surface area contributed by atoms with Crippen molar-refractivity contribution < 1.29 is 18.7 Å². The molecule has 1 fully saturated rings. The number of halogens is 1. The van der Waals surface area contributed by atoms with Gasteiger partial charge in [0.2, 0.25) is 0 Å². The molecular formula is C26H26FN5O3. The lowest BCUT2D eigenvalue weighted by molar-refractivity contribution is 0.0978. The number of methoxy groups -OCH3 is 2. The zero-order valence-corrected chi connectivity index (χ0v) is 19.7. The molecule has 35 heavy (non-hydrogen) atoms. The predicted molar refractivity (Wildman–Crippen MR) is 131 cm³/mol. The summed E-state index contributed by atoms with van der Waals surface area (Å²) in [7, 11) is 2.89. The second-order valence-electron chi connectivity index (χ2n) is 8.50. The van der Waals surface area contributed by atoms with E-state index < -0.39 is 5.82 Å². The topological polar surface area (TPSA) is 88.9 Å². The second kappa shape index (κ2) is 9.79. The van der Waals surface area contributed by atoms with Gasteiger partial charge in [-0.3, -0.25) is 19.7 Å². The van der Waals surface area contributed by atoms with E-state index >= 15 is 4.39 Å². The molecule has 1 aromatic heterocycles. The van der Waals surface area contributed by atoms with Crippen molar-refractivity contribution in [2.24, 2.45) is 4.99 Å². The van der Waals surface area contributed by atoms with Crippen LogP contribution in [0, 0.1) is 5.82 Å². The van der Waals surface area contributed by atoms with Crippen molar-refractivity contribution in [3.63, 3.8) is 0 Å². The first-order chi connectivity index (χ1) is 17.1. The van der Waals surface area contributed by atoms with Crippen molar-refractivity contribution in [2.45, 2.75) is 19.3 Å². The monoisotopic (exact) mass is 475 g/mol. The van der Waals surface area contributed by atoms with Crippen molar-refractivity contribution in [1.29, 1.82) is 0 Å². The van der Waals surface area contributed by atoms with Crippen LogP contribution in [0.1, 0.15) is 29.6 Å². The summed E-state index contributed by atoms with van der Waals surface area (Å²) in [5.41, 5.74) is 2.80. The lowest BCUT2D eigenvalue weighted by atomic mass is 9.99. The van der Waals surface area contributed by atoms with E-state index in [0.717, 1.165) is 25.3 Å². The minimum Gasteiger partial charge on any atom is -0.497 e. The van der Waals surface area contributed by atoms with Crippen LogP contribution >= 0.6 is 0 Å². The summed E-state index contributed by atoms with van der Waals surface area (Å²) < 4.78 is 25.7. The van der Waals surface area contributed by atoms with Gasteiger partial charge in [-0.05, 0) is 38.1 Å². The number of fused-ring (bicyclic) bond motifs is 1. The van der Waals surface area contributed by atoms with Crippen LogP contribution in [0.15, 0.2) is 53.4 Å². The summed E-state index contributed by atoms with van der Waals surface area (Å²) in [6.45, 7) is 2.98. The Morgan fingerprint density at radius 3 is 2.57 bits per heavy atom. The molecule has 0 atom stereocenters. The van der Waals surface area contributed by atoms with Gasteiger partial charge in [0, 0.05) is 42.6 Å². The number of aromatic nitrogens is 2. The highest BCUT2D eigenvalue weighted by Gasteiger charge is 2.22. The minimum absolute atomic E-state index is 0.0506. The molecule has 1 saturated heterocycles. The number of aliphatic imine (C=N–C) groups is 1. The highest BCUT2D eigenvalue weighted by atomic mass is 19.1. The van der Waals surface area contributed by atoms with Crippen LogP contribution in [0.3, 0.4) is 0 Å². The largest absolute Gasteiger partial charge is 0.497 e. The molecule has 5 rings (SSSR count). The zero-order chi connectivity index (χ0) is 24.4. The number of ether oxygens (including phenoxy) is 2. The molecule has 1 amide bonds. The number of carbonyl (C=O) groups is 1. The van der Waals surface area contributed by atoms with E-state index in [0.29, 0.717) is 40.2 Å². The number of hydrogen-bond acceptors (Lipinski definition) is 7. The molecule has 3 heterocycles. The maximum absolute atomic E-state index is 15.2. The molecule has 3 aromatic rings. The van der Waals surface area contributed by atoms with Crippen LogP contribution in [0.2, 0.25) is 0 Å². The van der Waals surface area contributed by atoms with Gasteiger partial charge < -0.3 is 14.8 Å². The fourth-order valence-electron chi connectivity index (χ4n) is 4.52. The van der Waals surface area contributed by atoms with E-state index in [2.05, 4.69) is 25.2 Å². The first-order valence-corrected chi connectivity index (χ1v) is 11.5. The molecule has 0 saturated carbocycles. The number of amides is 1. The predicted octanol–water partition coefficient (Wildman–Crippen LogP) is 3.96. The molecule has 0 unspecified atom stereocenters. The number of amidine groups is 1. The van der Waals surface area contributed by atoms with E-state index in [4.69, 9.17) is 9.47 Å². The van der Waals surface area contributed by atoms with Gasteiger partial charge in [0.15, 0.2) is 11.6 Å². The lowest BCUT2D eigenvalue weighted by Gasteiger charge is -2.14. The smallest absolute Gasteiger partial charge is 0.258 e. The highest BCUT2D eigenvalue weighted by Crippen LogP contribution is 2.37. The normalized spacial score (nSPS) is 15.7. The van der Waals surface area contributed by atoms with E-state index in [1.807, 2.05) is 6.08 Å². The summed E-state index contributed by atoms with van der Waals surface area (Å²) in [5.74, 6) is 0.215. The Hall–Kier alpha value is -3.85. The first-order valence-electron chi connectivity index (χ1n) is 11.5. The first kappa shape index (κ1) is 22.9. The standard InChI is InChI=1S/C26H26FN5O3/c1-34-17-13-20(23(27)21(14-17)35-2)18-6-7-19(25-24(18)28-9-10-29-25)26(33)31-22-8-5-16(30-22)15-32-11-3-4-12-32/h5-7,9-10,13-14H,3-4,8,11-12,15H2,1-2H3,(H,30,31,33). The quantitative estimate of drug-likeness (QED) is 0.581. The molecule has 0 bridgehead atoms. The van der Waals surface area contributed by atoms with Gasteiger partial charge in [-0.15, -0.1) is 0 Å². The van der Waals surface area contributed by atoms with Crippen molar-refractivity contribution in [3.8, 4) is 22.6 Å². The van der Waals surface area contributed by atoms with Crippen molar-refractivity contribution in [3.05, 3.63) is 59.8 Å². The maximum Gasteiger partial charge on any atom is 0.258 e. The third kappa shape index (κ3) is 4.59. The summed E-state index contributed by atoms with van der Waals surface area (Å²) in [6, 6.07) is 6.34. The number of nitrogens with zero attached hydrogens (tertiary/aromatic N) is 4. The van der Waals surface area contributed by atoms with E-state index in [1.54, 1.807) is 18.2 Å². The number of hydrogen-bond donors (Lipinski definition) is 1. The Labute approximate surface area is 202 Å². The van der Waals surface area contributed by atoms with E-state index in [-0.39, 0.29) is 17.2 Å². The Balaban J connectivity index is 1.45. The molecule has 1 N–H and O–H groups in total. The summed E-state index contributed by atoms with van der Waals surface area (Å²) >= 11 is 0. The molecule has 180 valence electrons. The van der Waals surface area contributed by atoms with Crippen LogP contribution in [0.4, 0.5) is 4.39 Å². The van der Waals surface area contributed by atoms with Crippen LogP contribution < -0.4 is 14.8 Å². The summed E-state index contributed by atoms with van der Waals surface area (Å²) in [5, 5.41) is 2.91. The molecule has 0 aliphatic carbocycles. The van der Waals surface area contributed by atoms with Crippen molar-refractivity contribution in [1.82, 2.24) is 20.2 Å². The van der Waals surface area contributed by atoms with E-state index in [9.17, 15) is 4.79 Å². The summed E-state index contributed by atoms with van der Waals surface area (Å²) in [4.78, 5) is 29.0. The third-order valence-electron chi connectivity index (χ3n) is 6.28. The van der Waals surface area contributed by atoms with Crippen LogP contribution in [-0.4, -0.2) is 60.5 Å². The molecule has 8 nitrogen and oxygen atoms in total. The highest BCUT2D eigenvalue weighted by molar-refractivity contribution is 6.14. The van der Waals surface area contributed by atoms with Gasteiger partial charge in [-0.1, -0.05) is 12.1 Å². The zero-order valence-electron chi connectivity index (χ0n) is 19.7. The summed E-state index contributed by atoms with van der Waals surface area (Å²) in [6.07, 6.45) is 8.08. The Morgan fingerprint density at radius 1 is 1.06 bits per heavy atom. The lowest BCUT2D eigenvalue weighted by Crippen LogP contribution is -2.29. The molecular weight excluding hydrogens is 449 g/mol. The second-order valence-corrected chi connectivity index (χ2v) is 8.50. The number of benzene rings is 2. The minimum atomic E-state index is -0.547. The average molecular weight is 476 g/mol. The van der Waals surface area contributed by atoms with Crippen molar-refractivity contribution >= 4 is 22.8 Å². The van der Waals surface area contributed by atoms with Gasteiger partial charge in [0.05, 0.1) is 31.0 Å². The SMILES string of the molecule is COc1cc(OC)c(F)c(-c2ccc(C(=O)NC3=NC(CN4CCCC4)=CC3)c3nccnc23)c1. The van der Waals surface area contributed by atoms with Gasteiger partial charge in [0.25, 0.3) is 5.91 Å². The molecule has 0 spiro atoms. The van der Waals surface area contributed by atoms with Crippen LogP contribution in [0.25, 0.3) is 22.2 Å². The van der Waals surface area contributed by atoms with Crippen LogP contribution in [0.5, 0.6) is 11.5 Å². The maximum atomic E-state index is 15.2. The number of likely N-dealkylation sites (tertiary alicyclic amines) is 1. The van der Waals surface area contributed by atoms with Gasteiger partial charge in [-0.2, -0.15) is 0 Å². The molecule has 2 aliphatic heterocycles. The molecule has 0 radical (unpaired) electrons. The number of rotatable bonds is 6. The number of nitrogens with one attached hydrogen (secondary N) is 1.